The molecular formula is C18H25FN2O2. The van der Waals surface area contributed by atoms with Crippen LogP contribution >= 0.6 is 0 Å². The van der Waals surface area contributed by atoms with Crippen molar-refractivity contribution in [2.75, 3.05) is 33.3 Å². The van der Waals surface area contributed by atoms with Gasteiger partial charge in [-0.05, 0) is 62.9 Å². The van der Waals surface area contributed by atoms with Crippen molar-refractivity contribution in [2.45, 2.75) is 25.9 Å². The Kier molecular flexibility index (Phi) is 5.28. The van der Waals surface area contributed by atoms with Gasteiger partial charge in [0.15, 0.2) is 0 Å². The Balaban J connectivity index is 1.61. The molecule has 3 rings (SSSR count). The lowest BCUT2D eigenvalue weighted by molar-refractivity contribution is 0.0786. The summed E-state index contributed by atoms with van der Waals surface area (Å²) >= 11 is 0. The Hall–Kier alpha value is -1.46. The predicted octanol–water partition coefficient (Wildman–Crippen LogP) is 2.43. The largest absolute Gasteiger partial charge is 0.376 e. The molecule has 1 heterocycles. The number of carbonyl (C=O) groups excluding carboxylic acids is 1. The Bertz CT molecular complexity index is 560. The summed E-state index contributed by atoms with van der Waals surface area (Å²) in [6, 6.07) is 4.60. The number of nitrogens with zero attached hydrogens (tertiary/aromatic N) is 1. The fourth-order valence-corrected chi connectivity index (χ4v) is 3.09. The molecule has 1 amide bonds. The molecule has 1 aliphatic carbocycles. The lowest BCUT2D eigenvalue weighted by atomic mass is 10.1. The van der Waals surface area contributed by atoms with E-state index in [9.17, 15) is 9.18 Å². The number of ether oxygens (including phenoxy) is 1. The first-order valence-electron chi connectivity index (χ1n) is 8.47. The highest BCUT2D eigenvalue weighted by Crippen LogP contribution is 2.29. The van der Waals surface area contributed by atoms with Crippen molar-refractivity contribution in [2.24, 2.45) is 11.8 Å². The summed E-state index contributed by atoms with van der Waals surface area (Å²) in [4.78, 5) is 14.5. The minimum atomic E-state index is -0.299. The lowest BCUT2D eigenvalue weighted by Gasteiger charge is -2.17. The summed E-state index contributed by atoms with van der Waals surface area (Å²) in [5, 5.41) is 3.16. The van der Waals surface area contributed by atoms with Crippen LogP contribution in [0.15, 0.2) is 18.2 Å². The summed E-state index contributed by atoms with van der Waals surface area (Å²) in [6.45, 7) is 3.40. The second-order valence-electron chi connectivity index (χ2n) is 6.73. The highest BCUT2D eigenvalue weighted by atomic mass is 19.1. The minimum Gasteiger partial charge on any atom is -0.376 e. The topological polar surface area (TPSA) is 41.6 Å². The van der Waals surface area contributed by atoms with Gasteiger partial charge >= 0.3 is 0 Å². The summed E-state index contributed by atoms with van der Waals surface area (Å²) in [6.07, 6.45) is 3.44. The van der Waals surface area contributed by atoms with E-state index in [-0.39, 0.29) is 18.3 Å². The maximum Gasteiger partial charge on any atom is 0.253 e. The van der Waals surface area contributed by atoms with Crippen LogP contribution in [0.3, 0.4) is 0 Å². The lowest BCUT2D eigenvalue weighted by Crippen LogP contribution is -2.30. The van der Waals surface area contributed by atoms with Crippen molar-refractivity contribution in [1.29, 1.82) is 0 Å². The molecule has 5 heteroatoms. The van der Waals surface area contributed by atoms with Gasteiger partial charge in [-0.1, -0.05) is 0 Å². The van der Waals surface area contributed by atoms with Crippen molar-refractivity contribution in [1.82, 2.24) is 10.2 Å². The van der Waals surface area contributed by atoms with Crippen LogP contribution in [0.4, 0.5) is 4.39 Å². The number of likely N-dealkylation sites (tertiary alicyclic amines) is 1. The van der Waals surface area contributed by atoms with E-state index >= 15 is 0 Å². The Labute approximate surface area is 137 Å². The number of hydrogen-bond acceptors (Lipinski definition) is 3. The zero-order valence-corrected chi connectivity index (χ0v) is 13.7. The van der Waals surface area contributed by atoms with Crippen LogP contribution in [0, 0.1) is 17.7 Å². The number of carbonyl (C=O) groups is 1. The summed E-state index contributed by atoms with van der Waals surface area (Å²) in [7, 11) is 1.93. The maximum atomic E-state index is 13.9. The Morgan fingerprint density at radius 1 is 1.35 bits per heavy atom. The number of rotatable bonds is 7. The van der Waals surface area contributed by atoms with Gasteiger partial charge in [-0.2, -0.15) is 0 Å². The van der Waals surface area contributed by atoms with Crippen LogP contribution in [-0.2, 0) is 11.3 Å². The molecule has 1 saturated heterocycles. The molecule has 1 aromatic carbocycles. The molecule has 1 aliphatic heterocycles. The van der Waals surface area contributed by atoms with Crippen LogP contribution in [0.5, 0.6) is 0 Å². The average Bonchev–Trinajstić information content (AvgIpc) is 3.25. The molecule has 1 N–H and O–H groups in total. The molecule has 1 saturated carbocycles. The van der Waals surface area contributed by atoms with Gasteiger partial charge in [0.05, 0.1) is 6.61 Å². The molecule has 126 valence electrons. The van der Waals surface area contributed by atoms with Crippen LogP contribution in [0.25, 0.3) is 0 Å². The van der Waals surface area contributed by atoms with Crippen LogP contribution in [-0.4, -0.2) is 44.1 Å². The molecule has 4 nitrogen and oxygen atoms in total. The molecule has 0 radical (unpaired) electrons. The highest BCUT2D eigenvalue weighted by Gasteiger charge is 2.27. The fourth-order valence-electron chi connectivity index (χ4n) is 3.09. The molecule has 2 fully saturated rings. The average molecular weight is 320 g/mol. The number of benzene rings is 1. The molecular weight excluding hydrogens is 295 g/mol. The van der Waals surface area contributed by atoms with Gasteiger partial charge in [0.2, 0.25) is 0 Å². The van der Waals surface area contributed by atoms with Crippen LogP contribution in [0.1, 0.15) is 35.2 Å². The smallest absolute Gasteiger partial charge is 0.253 e. The molecule has 0 bridgehead atoms. The number of nitrogens with one attached hydrogen (secondary N) is 1. The zero-order valence-electron chi connectivity index (χ0n) is 13.7. The number of amides is 1. The van der Waals surface area contributed by atoms with Crippen molar-refractivity contribution in [3.05, 3.63) is 35.1 Å². The first kappa shape index (κ1) is 16.4. The summed E-state index contributed by atoms with van der Waals surface area (Å²) < 4.78 is 19.5. The van der Waals surface area contributed by atoms with Gasteiger partial charge in [0.25, 0.3) is 5.91 Å². The third kappa shape index (κ3) is 4.30. The van der Waals surface area contributed by atoms with Crippen molar-refractivity contribution >= 4 is 5.91 Å². The minimum absolute atomic E-state index is 0.00736. The highest BCUT2D eigenvalue weighted by molar-refractivity contribution is 5.94. The van der Waals surface area contributed by atoms with Gasteiger partial charge in [0, 0.05) is 30.8 Å². The number of hydrogen-bond donors (Lipinski definition) is 1. The van der Waals surface area contributed by atoms with Crippen molar-refractivity contribution in [3.8, 4) is 0 Å². The quantitative estimate of drug-likeness (QED) is 0.839. The normalized spacial score (nSPS) is 21.0. The zero-order chi connectivity index (χ0) is 16.2. The van der Waals surface area contributed by atoms with Gasteiger partial charge in [0.1, 0.15) is 5.82 Å². The van der Waals surface area contributed by atoms with Crippen LogP contribution in [0.2, 0.25) is 0 Å². The molecule has 0 spiro atoms. The summed E-state index contributed by atoms with van der Waals surface area (Å²) in [5.74, 6) is 0.848. The van der Waals surface area contributed by atoms with E-state index in [1.165, 1.54) is 18.9 Å². The van der Waals surface area contributed by atoms with Gasteiger partial charge in [-0.3, -0.25) is 4.79 Å². The summed E-state index contributed by atoms with van der Waals surface area (Å²) in [5.41, 5.74) is 1.03. The second-order valence-corrected chi connectivity index (χ2v) is 6.73. The SMILES string of the molecule is CNC[C@@H]1CCN(C(=O)c2ccc(F)c(COCC3CC3)c2)C1. The molecule has 0 aromatic heterocycles. The van der Waals surface area contributed by atoms with Crippen molar-refractivity contribution in [3.63, 3.8) is 0 Å². The predicted molar refractivity (Wildman–Crippen MR) is 86.7 cm³/mol. The van der Waals surface area contributed by atoms with E-state index < -0.39 is 0 Å². The van der Waals surface area contributed by atoms with E-state index in [0.29, 0.717) is 29.6 Å². The molecule has 2 aliphatic rings. The van der Waals surface area contributed by atoms with E-state index in [0.717, 1.165) is 26.1 Å². The van der Waals surface area contributed by atoms with Gasteiger partial charge in [-0.25, -0.2) is 4.39 Å². The first-order chi connectivity index (χ1) is 11.2. The third-order valence-corrected chi connectivity index (χ3v) is 4.67. The van der Waals surface area contributed by atoms with E-state index in [2.05, 4.69) is 5.32 Å². The monoisotopic (exact) mass is 320 g/mol. The number of halogens is 1. The van der Waals surface area contributed by atoms with E-state index in [1.54, 1.807) is 12.1 Å². The van der Waals surface area contributed by atoms with Gasteiger partial charge in [-0.15, -0.1) is 0 Å². The Morgan fingerprint density at radius 2 is 2.17 bits per heavy atom. The van der Waals surface area contributed by atoms with E-state index in [4.69, 9.17) is 4.74 Å². The Morgan fingerprint density at radius 3 is 2.91 bits per heavy atom. The van der Waals surface area contributed by atoms with Gasteiger partial charge < -0.3 is 15.0 Å². The first-order valence-corrected chi connectivity index (χ1v) is 8.47. The standard InChI is InChI=1S/C18H25FN2O2/c1-20-9-14-6-7-21(10-14)18(22)15-4-5-17(19)16(8-15)12-23-11-13-2-3-13/h4-5,8,13-14,20H,2-3,6-7,9-12H2,1H3/t14-/m0/s1. The maximum absolute atomic E-state index is 13.9. The molecule has 1 atom stereocenters. The van der Waals surface area contributed by atoms with E-state index in [1.807, 2.05) is 11.9 Å². The van der Waals surface area contributed by atoms with Crippen molar-refractivity contribution < 1.29 is 13.9 Å². The molecule has 1 aromatic rings. The van der Waals surface area contributed by atoms with Crippen LogP contribution < -0.4 is 5.32 Å². The second kappa shape index (κ2) is 7.41. The molecule has 0 unspecified atom stereocenters. The fraction of sp³-hybridized carbons (Fsp3) is 0.611. The third-order valence-electron chi connectivity index (χ3n) is 4.67. The molecule has 23 heavy (non-hydrogen) atoms.